The molecule has 1 aromatic rings. The molecular weight excluding hydrogens is 126 g/mol. The van der Waals surface area contributed by atoms with Crippen LogP contribution in [-0.2, 0) is 0 Å². The summed E-state index contributed by atoms with van der Waals surface area (Å²) in [5.41, 5.74) is 0. The van der Waals surface area contributed by atoms with Gasteiger partial charge in [-0.15, -0.1) is 0 Å². The van der Waals surface area contributed by atoms with Gasteiger partial charge in [0, 0.05) is 0 Å². The Morgan fingerprint density at radius 3 is 3.11 bits per heavy atom. The molecular formula is C4H3NO4. The molecule has 0 aliphatic heterocycles. The maximum absolute atomic E-state index is 9.78. The van der Waals surface area contributed by atoms with E-state index in [9.17, 15) is 4.79 Å². The summed E-state index contributed by atoms with van der Waals surface area (Å²) in [6, 6.07) is 0. The average molecular weight is 129 g/mol. The first-order chi connectivity index (χ1) is 4.29. The second kappa shape index (κ2) is 2.17. The van der Waals surface area contributed by atoms with Gasteiger partial charge in [-0.3, -0.25) is 0 Å². The minimum atomic E-state index is -1.38. The molecule has 9 heavy (non-hydrogen) atoms. The van der Waals surface area contributed by atoms with Crippen LogP contribution in [0.25, 0.3) is 0 Å². The van der Waals surface area contributed by atoms with Crippen molar-refractivity contribution in [3.8, 4) is 5.75 Å². The van der Waals surface area contributed by atoms with Gasteiger partial charge in [0.1, 0.15) is 6.20 Å². The van der Waals surface area contributed by atoms with Crippen molar-refractivity contribution in [2.75, 3.05) is 0 Å². The molecule has 1 N–H and O–H groups in total. The Morgan fingerprint density at radius 2 is 2.67 bits per heavy atom. The van der Waals surface area contributed by atoms with Crippen molar-refractivity contribution in [1.29, 1.82) is 0 Å². The van der Waals surface area contributed by atoms with Gasteiger partial charge in [-0.25, -0.2) is 4.79 Å². The average Bonchev–Trinajstić information content (AvgIpc) is 2.15. The fourth-order valence-electron chi connectivity index (χ4n) is 0.346. The van der Waals surface area contributed by atoms with Crippen LogP contribution in [-0.4, -0.2) is 16.4 Å². The molecule has 5 heteroatoms. The molecule has 0 unspecified atom stereocenters. The van der Waals surface area contributed by atoms with E-state index in [1.165, 1.54) is 0 Å². The van der Waals surface area contributed by atoms with Crippen LogP contribution in [0.5, 0.6) is 5.75 Å². The summed E-state index contributed by atoms with van der Waals surface area (Å²) in [6.07, 6.45) is 0.876. The van der Waals surface area contributed by atoms with Gasteiger partial charge in [-0.2, -0.15) is 0 Å². The number of carboxylic acid groups (broad SMARTS) is 1. The van der Waals surface area contributed by atoms with Crippen molar-refractivity contribution in [2.45, 2.75) is 0 Å². The fraction of sp³-hybridized carbons (Fsp3) is 0. The van der Waals surface area contributed by atoms with Crippen LogP contribution in [0.15, 0.2) is 17.0 Å². The standard InChI is InChI=1S/C4H3NO4/c6-4(7)9-3-1-5-8-2-3/h1-2H,(H,6,7). The summed E-state index contributed by atoms with van der Waals surface area (Å²) in [5, 5.41) is 11.2. The van der Waals surface area contributed by atoms with Crippen LogP contribution in [0.3, 0.4) is 0 Å². The Hall–Kier alpha value is -1.52. The molecule has 0 amide bonds. The van der Waals surface area contributed by atoms with E-state index in [-0.39, 0.29) is 5.75 Å². The Balaban J connectivity index is 2.58. The number of rotatable bonds is 1. The van der Waals surface area contributed by atoms with Gasteiger partial charge in [-0.1, -0.05) is 5.16 Å². The van der Waals surface area contributed by atoms with Gasteiger partial charge in [0.2, 0.25) is 0 Å². The summed E-state index contributed by atoms with van der Waals surface area (Å²) in [5.74, 6) is 0.0856. The third-order valence-corrected chi connectivity index (χ3v) is 0.615. The first kappa shape index (κ1) is 5.61. The Labute approximate surface area is 49.8 Å². The lowest BCUT2D eigenvalue weighted by molar-refractivity contribution is 0.144. The van der Waals surface area contributed by atoms with Crippen LogP contribution < -0.4 is 4.74 Å². The molecule has 1 rings (SSSR count). The van der Waals surface area contributed by atoms with E-state index in [1.807, 2.05) is 0 Å². The summed E-state index contributed by atoms with van der Waals surface area (Å²) in [4.78, 5) is 9.78. The maximum atomic E-state index is 9.78. The fourth-order valence-corrected chi connectivity index (χ4v) is 0.346. The lowest BCUT2D eigenvalue weighted by Crippen LogP contribution is -2.01. The van der Waals surface area contributed by atoms with Crippen LogP contribution >= 0.6 is 0 Å². The highest BCUT2D eigenvalue weighted by Gasteiger charge is 2.00. The molecule has 0 bridgehead atoms. The van der Waals surface area contributed by atoms with Crippen LogP contribution in [0, 0.1) is 0 Å². The highest BCUT2D eigenvalue weighted by Crippen LogP contribution is 2.06. The minimum Gasteiger partial charge on any atom is -0.449 e. The summed E-state index contributed by atoms with van der Waals surface area (Å²) in [7, 11) is 0. The van der Waals surface area contributed by atoms with E-state index in [1.54, 1.807) is 0 Å². The van der Waals surface area contributed by atoms with Gasteiger partial charge in [0.05, 0.1) is 0 Å². The lowest BCUT2D eigenvalue weighted by atomic mass is 10.7. The topological polar surface area (TPSA) is 72.6 Å². The third-order valence-electron chi connectivity index (χ3n) is 0.615. The third kappa shape index (κ3) is 1.45. The zero-order valence-corrected chi connectivity index (χ0v) is 4.27. The van der Waals surface area contributed by atoms with E-state index >= 15 is 0 Å². The number of hydrogen-bond acceptors (Lipinski definition) is 4. The second-order valence-corrected chi connectivity index (χ2v) is 1.23. The Kier molecular flexibility index (Phi) is 1.35. The normalized spacial score (nSPS) is 8.89. The smallest absolute Gasteiger partial charge is 0.449 e. The highest BCUT2D eigenvalue weighted by atomic mass is 16.7. The van der Waals surface area contributed by atoms with Gasteiger partial charge < -0.3 is 14.4 Å². The molecule has 48 valence electrons. The first-order valence-electron chi connectivity index (χ1n) is 2.09. The quantitative estimate of drug-likeness (QED) is 0.566. The zero-order valence-electron chi connectivity index (χ0n) is 4.27. The van der Waals surface area contributed by atoms with Gasteiger partial charge in [0.25, 0.3) is 0 Å². The predicted molar refractivity (Wildman–Crippen MR) is 25.2 cm³/mol. The molecule has 0 saturated heterocycles. The lowest BCUT2D eigenvalue weighted by Gasteiger charge is -1.88. The zero-order chi connectivity index (χ0) is 6.69. The van der Waals surface area contributed by atoms with Crippen molar-refractivity contribution in [2.24, 2.45) is 0 Å². The molecule has 1 aromatic heterocycles. The molecule has 0 spiro atoms. The number of ether oxygens (including phenoxy) is 1. The van der Waals surface area contributed by atoms with Crippen molar-refractivity contribution in [3.63, 3.8) is 0 Å². The van der Waals surface area contributed by atoms with Crippen LogP contribution in [0.1, 0.15) is 0 Å². The predicted octanol–water partition coefficient (Wildman–Crippen LogP) is 0.731. The number of hydrogen-bond donors (Lipinski definition) is 1. The van der Waals surface area contributed by atoms with E-state index in [0.717, 1.165) is 12.5 Å². The van der Waals surface area contributed by atoms with Gasteiger partial charge >= 0.3 is 6.16 Å². The molecule has 0 saturated carbocycles. The highest BCUT2D eigenvalue weighted by molar-refractivity contribution is 5.60. The largest absolute Gasteiger partial charge is 0.511 e. The number of carbonyl (C=O) groups is 1. The molecule has 0 aliphatic rings. The molecule has 5 nitrogen and oxygen atoms in total. The number of aromatic nitrogens is 1. The van der Waals surface area contributed by atoms with E-state index < -0.39 is 6.16 Å². The van der Waals surface area contributed by atoms with Crippen LogP contribution in [0.2, 0.25) is 0 Å². The summed E-state index contributed by atoms with van der Waals surface area (Å²) >= 11 is 0. The van der Waals surface area contributed by atoms with Gasteiger partial charge in [0.15, 0.2) is 12.0 Å². The van der Waals surface area contributed by atoms with E-state index in [4.69, 9.17) is 5.11 Å². The first-order valence-corrected chi connectivity index (χ1v) is 2.09. The van der Waals surface area contributed by atoms with E-state index in [0.29, 0.717) is 0 Å². The van der Waals surface area contributed by atoms with Crippen molar-refractivity contribution in [1.82, 2.24) is 5.16 Å². The van der Waals surface area contributed by atoms with Crippen molar-refractivity contribution < 1.29 is 19.2 Å². The Bertz CT molecular complexity index is 192. The minimum absolute atomic E-state index is 0.0856. The van der Waals surface area contributed by atoms with Crippen LogP contribution in [0.4, 0.5) is 4.79 Å². The monoisotopic (exact) mass is 129 g/mol. The molecule has 0 atom stereocenters. The molecule has 0 fully saturated rings. The molecule has 0 radical (unpaired) electrons. The maximum Gasteiger partial charge on any atom is 0.511 e. The number of nitrogens with zero attached hydrogens (tertiary/aromatic N) is 1. The van der Waals surface area contributed by atoms with Gasteiger partial charge in [-0.05, 0) is 0 Å². The molecule has 1 heterocycles. The molecule has 0 aromatic carbocycles. The van der Waals surface area contributed by atoms with E-state index in [2.05, 4.69) is 14.4 Å². The SMILES string of the molecule is O=C(O)Oc1cnoc1. The summed E-state index contributed by atoms with van der Waals surface area (Å²) < 4.78 is 8.39. The van der Waals surface area contributed by atoms with Crippen molar-refractivity contribution in [3.05, 3.63) is 12.5 Å². The van der Waals surface area contributed by atoms with Crippen molar-refractivity contribution >= 4 is 6.16 Å². The summed E-state index contributed by atoms with van der Waals surface area (Å²) in [6.45, 7) is 0. The Morgan fingerprint density at radius 1 is 1.89 bits per heavy atom. The second-order valence-electron chi connectivity index (χ2n) is 1.23. The molecule has 0 aliphatic carbocycles.